The molecule has 0 heterocycles. The zero-order chi connectivity index (χ0) is 8.55. The van der Waals surface area contributed by atoms with Crippen molar-refractivity contribution >= 4 is 15.9 Å². The van der Waals surface area contributed by atoms with Crippen molar-refractivity contribution in [2.24, 2.45) is 0 Å². The van der Waals surface area contributed by atoms with Gasteiger partial charge in [0, 0.05) is 0 Å². The average molecular weight is 229 g/mol. The Hall–Kier alpha value is -0.0800. The maximum atomic E-state index is 9.82. The van der Waals surface area contributed by atoms with E-state index >= 15 is 0 Å². The van der Waals surface area contributed by atoms with Crippen molar-refractivity contribution in [1.82, 2.24) is 0 Å². The summed E-state index contributed by atoms with van der Waals surface area (Å²) in [5.74, 6) is 0. The van der Waals surface area contributed by atoms with Gasteiger partial charge in [0.25, 0.3) is 0 Å². The first-order valence-electron chi connectivity index (χ1n) is 4.51. The Balaban J connectivity index is 2.28. The lowest BCUT2D eigenvalue weighted by Crippen LogP contribution is -2.26. The van der Waals surface area contributed by atoms with E-state index < -0.39 is 0 Å². The molecule has 0 aliphatic heterocycles. The van der Waals surface area contributed by atoms with Crippen LogP contribution in [0.15, 0.2) is 23.3 Å². The van der Waals surface area contributed by atoms with Gasteiger partial charge in [0.1, 0.15) is 0 Å². The van der Waals surface area contributed by atoms with Crippen molar-refractivity contribution < 1.29 is 5.11 Å². The van der Waals surface area contributed by atoms with Gasteiger partial charge in [0.2, 0.25) is 0 Å². The number of hydrogen-bond donors (Lipinski definition) is 1. The standard InChI is InChI=1S/C10H13BrO/c11-9-6-5-7-3-1-2-4-8(7)10(9)12/h5-6,9-10,12H,1-4H2. The minimum Gasteiger partial charge on any atom is -0.387 e. The van der Waals surface area contributed by atoms with Crippen LogP contribution in [0.25, 0.3) is 0 Å². The van der Waals surface area contributed by atoms with Gasteiger partial charge in [-0.05, 0) is 36.8 Å². The lowest BCUT2D eigenvalue weighted by Gasteiger charge is -2.28. The molecule has 0 spiro atoms. The van der Waals surface area contributed by atoms with Crippen LogP contribution in [0.1, 0.15) is 25.7 Å². The Kier molecular flexibility index (Phi) is 2.37. The Morgan fingerprint density at radius 2 is 2.08 bits per heavy atom. The second-order valence-corrected chi connectivity index (χ2v) is 4.56. The predicted molar refractivity (Wildman–Crippen MR) is 53.4 cm³/mol. The predicted octanol–water partition coefficient (Wildman–Crippen LogP) is 2.55. The molecule has 2 rings (SSSR count). The van der Waals surface area contributed by atoms with Crippen molar-refractivity contribution in [3.8, 4) is 0 Å². The first kappa shape index (κ1) is 8.52. The third-order valence-corrected chi connectivity index (χ3v) is 3.50. The van der Waals surface area contributed by atoms with E-state index in [9.17, 15) is 5.11 Å². The molecule has 0 amide bonds. The summed E-state index contributed by atoms with van der Waals surface area (Å²) in [5, 5.41) is 9.82. The molecule has 0 saturated heterocycles. The first-order valence-corrected chi connectivity index (χ1v) is 5.43. The molecule has 0 radical (unpaired) electrons. The minimum atomic E-state index is -0.273. The lowest BCUT2D eigenvalue weighted by atomic mass is 9.84. The van der Waals surface area contributed by atoms with Crippen LogP contribution in [-0.2, 0) is 0 Å². The molecular formula is C10H13BrO. The van der Waals surface area contributed by atoms with Crippen LogP contribution in [0.2, 0.25) is 0 Å². The van der Waals surface area contributed by atoms with E-state index in [4.69, 9.17) is 0 Å². The van der Waals surface area contributed by atoms with Crippen molar-refractivity contribution in [3.05, 3.63) is 23.3 Å². The monoisotopic (exact) mass is 228 g/mol. The molecule has 0 saturated carbocycles. The smallest absolute Gasteiger partial charge is 0.0915 e. The van der Waals surface area contributed by atoms with Gasteiger partial charge in [-0.1, -0.05) is 28.1 Å². The maximum absolute atomic E-state index is 9.82. The maximum Gasteiger partial charge on any atom is 0.0915 e. The molecular weight excluding hydrogens is 216 g/mol. The highest BCUT2D eigenvalue weighted by Gasteiger charge is 2.25. The molecule has 2 heteroatoms. The largest absolute Gasteiger partial charge is 0.387 e. The van der Waals surface area contributed by atoms with Gasteiger partial charge in [-0.3, -0.25) is 0 Å². The minimum absolute atomic E-state index is 0.134. The number of halogens is 1. The highest BCUT2D eigenvalue weighted by atomic mass is 79.9. The van der Waals surface area contributed by atoms with E-state index in [0.717, 1.165) is 12.8 Å². The van der Waals surface area contributed by atoms with Crippen LogP contribution in [0.5, 0.6) is 0 Å². The van der Waals surface area contributed by atoms with Crippen LogP contribution in [-0.4, -0.2) is 16.0 Å². The summed E-state index contributed by atoms with van der Waals surface area (Å²) < 4.78 is 0. The van der Waals surface area contributed by atoms with Gasteiger partial charge in [-0.2, -0.15) is 0 Å². The van der Waals surface area contributed by atoms with Crippen LogP contribution >= 0.6 is 15.9 Å². The molecule has 12 heavy (non-hydrogen) atoms. The van der Waals surface area contributed by atoms with Crippen LogP contribution in [0, 0.1) is 0 Å². The van der Waals surface area contributed by atoms with Gasteiger partial charge in [0.15, 0.2) is 0 Å². The molecule has 0 fully saturated rings. The molecule has 0 aromatic heterocycles. The summed E-state index contributed by atoms with van der Waals surface area (Å²) in [6.07, 6.45) is 8.71. The zero-order valence-electron chi connectivity index (χ0n) is 6.96. The van der Waals surface area contributed by atoms with Gasteiger partial charge < -0.3 is 5.11 Å². The molecule has 2 aliphatic carbocycles. The van der Waals surface area contributed by atoms with Crippen LogP contribution in [0.3, 0.4) is 0 Å². The Bertz CT molecular complexity index is 242. The summed E-state index contributed by atoms with van der Waals surface area (Å²) in [4.78, 5) is 0.134. The van der Waals surface area contributed by atoms with Crippen molar-refractivity contribution in [3.63, 3.8) is 0 Å². The summed E-state index contributed by atoms with van der Waals surface area (Å²) in [7, 11) is 0. The molecule has 2 aliphatic rings. The molecule has 2 unspecified atom stereocenters. The topological polar surface area (TPSA) is 20.2 Å². The molecule has 1 nitrogen and oxygen atoms in total. The third-order valence-electron chi connectivity index (χ3n) is 2.69. The Morgan fingerprint density at radius 1 is 1.33 bits per heavy atom. The van der Waals surface area contributed by atoms with Gasteiger partial charge in [0.05, 0.1) is 10.9 Å². The molecule has 2 atom stereocenters. The number of aliphatic hydroxyl groups is 1. The van der Waals surface area contributed by atoms with Crippen LogP contribution < -0.4 is 0 Å². The fourth-order valence-corrected chi connectivity index (χ4v) is 2.46. The number of hydrogen-bond acceptors (Lipinski definition) is 1. The van der Waals surface area contributed by atoms with E-state index in [1.165, 1.54) is 24.0 Å². The number of rotatable bonds is 0. The van der Waals surface area contributed by atoms with Gasteiger partial charge >= 0.3 is 0 Å². The summed E-state index contributed by atoms with van der Waals surface area (Å²) >= 11 is 3.44. The van der Waals surface area contributed by atoms with E-state index in [1.54, 1.807) is 0 Å². The number of allylic oxidation sites excluding steroid dienone is 2. The second-order valence-electron chi connectivity index (χ2n) is 3.51. The SMILES string of the molecule is OC1C2=C(C=CC1Br)CCCC2. The van der Waals surface area contributed by atoms with Crippen molar-refractivity contribution in [2.45, 2.75) is 36.6 Å². The quantitative estimate of drug-likeness (QED) is 0.633. The van der Waals surface area contributed by atoms with Gasteiger partial charge in [-0.15, -0.1) is 0 Å². The summed E-state index contributed by atoms with van der Waals surface area (Å²) in [6.45, 7) is 0. The normalized spacial score (nSPS) is 35.2. The van der Waals surface area contributed by atoms with Gasteiger partial charge in [-0.25, -0.2) is 0 Å². The molecule has 0 bridgehead atoms. The molecule has 0 aromatic rings. The molecule has 1 N–H and O–H groups in total. The number of aliphatic hydroxyl groups excluding tert-OH is 1. The summed E-state index contributed by atoms with van der Waals surface area (Å²) in [5.41, 5.74) is 2.65. The molecule has 66 valence electrons. The third kappa shape index (κ3) is 1.38. The lowest BCUT2D eigenvalue weighted by molar-refractivity contribution is 0.210. The van der Waals surface area contributed by atoms with Crippen LogP contribution in [0.4, 0.5) is 0 Å². The van der Waals surface area contributed by atoms with Crippen molar-refractivity contribution in [1.29, 1.82) is 0 Å². The number of alkyl halides is 1. The summed E-state index contributed by atoms with van der Waals surface area (Å²) in [6, 6.07) is 0. The highest BCUT2D eigenvalue weighted by Crippen LogP contribution is 2.34. The fraction of sp³-hybridized carbons (Fsp3) is 0.600. The Labute approximate surface area is 81.3 Å². The second kappa shape index (κ2) is 3.35. The first-order chi connectivity index (χ1) is 5.79. The Morgan fingerprint density at radius 3 is 2.92 bits per heavy atom. The van der Waals surface area contributed by atoms with E-state index in [0.29, 0.717) is 0 Å². The van der Waals surface area contributed by atoms with E-state index in [2.05, 4.69) is 28.1 Å². The zero-order valence-corrected chi connectivity index (χ0v) is 8.55. The molecule has 0 aromatic carbocycles. The van der Waals surface area contributed by atoms with Crippen molar-refractivity contribution in [2.75, 3.05) is 0 Å². The average Bonchev–Trinajstić information content (AvgIpc) is 2.12. The van der Waals surface area contributed by atoms with E-state index in [1.807, 2.05) is 0 Å². The highest BCUT2D eigenvalue weighted by molar-refractivity contribution is 9.09. The van der Waals surface area contributed by atoms with E-state index in [-0.39, 0.29) is 10.9 Å². The fourth-order valence-electron chi connectivity index (χ4n) is 1.99.